The number of likely N-dealkylation sites (N-methyl/N-ethyl adjacent to an activating group) is 2. The molecule has 1 amide bonds. The van der Waals surface area contributed by atoms with Gasteiger partial charge in [-0.3, -0.25) is 4.79 Å². The molecule has 0 aliphatic heterocycles. The number of para-hydroxylation sites is 1. The van der Waals surface area contributed by atoms with Gasteiger partial charge in [0.15, 0.2) is 5.75 Å². The van der Waals surface area contributed by atoms with Crippen molar-refractivity contribution in [2.45, 2.75) is 6.36 Å². The molecule has 0 fully saturated rings. The Morgan fingerprint density at radius 3 is 2.48 bits per heavy atom. The highest BCUT2D eigenvalue weighted by Crippen LogP contribution is 2.41. The highest BCUT2D eigenvalue weighted by molar-refractivity contribution is 7.86. The van der Waals surface area contributed by atoms with Crippen LogP contribution in [-0.2, 0) is 26.1 Å². The first-order valence-electron chi connectivity index (χ1n) is 13.5. The maximum Gasteiger partial charge on any atom is 0.573 e. The largest absolute Gasteiger partial charge is 0.573 e. The summed E-state index contributed by atoms with van der Waals surface area (Å²) in [6.07, 6.45) is -1.07. The van der Waals surface area contributed by atoms with Gasteiger partial charge in [-0.2, -0.15) is 12.8 Å². The lowest BCUT2D eigenvalue weighted by Gasteiger charge is -2.26. The average Bonchev–Trinajstić information content (AvgIpc) is 3.31. The number of nitrogens with zero attached hydrogens (tertiary/aromatic N) is 5. The number of fused-ring (bicyclic) bond motifs is 1. The lowest BCUT2D eigenvalue weighted by atomic mass is 10.1. The summed E-state index contributed by atoms with van der Waals surface area (Å²) in [6.45, 7) is 0.740. The molecule has 0 spiro atoms. The minimum absolute atomic E-state index is 0.0299. The van der Waals surface area contributed by atoms with E-state index in [1.807, 2.05) is 47.0 Å². The number of carbonyl (C=O) groups is 1. The van der Waals surface area contributed by atoms with Crippen molar-refractivity contribution in [3.63, 3.8) is 0 Å². The van der Waals surface area contributed by atoms with Crippen molar-refractivity contribution in [3.8, 4) is 17.0 Å². The van der Waals surface area contributed by atoms with Gasteiger partial charge in [0.2, 0.25) is 11.8 Å². The standard InChI is InChI=1S/C29H31F4N7O5S/c1-38(2)12-13-39(3)25-15-26(45-29(31,32)33)23(14-22(25)35-27(41)20(30)17-44-46(5,42)43)37-28-34-11-10-21(36-28)19-16-40(4)24-9-7-6-8-18(19)24/h6-11,14-17H,12-13H2,1-5H3,(H,35,41)(H,34,36,37)/b20-17-. The van der Waals surface area contributed by atoms with Crippen LogP contribution in [0.15, 0.2) is 66.9 Å². The molecule has 2 N–H and O–H groups in total. The number of hydrogen-bond donors (Lipinski definition) is 2. The summed E-state index contributed by atoms with van der Waals surface area (Å²) in [6, 6.07) is 11.3. The maximum absolute atomic E-state index is 14.5. The highest BCUT2D eigenvalue weighted by Gasteiger charge is 2.33. The number of alkyl halides is 3. The number of nitrogens with one attached hydrogen (secondary N) is 2. The molecule has 2 aromatic carbocycles. The van der Waals surface area contributed by atoms with Crippen LogP contribution < -0.4 is 20.3 Å². The molecule has 17 heteroatoms. The molecule has 0 aliphatic rings. The Kier molecular flexibility index (Phi) is 10.1. The van der Waals surface area contributed by atoms with Crippen LogP contribution in [0, 0.1) is 0 Å². The van der Waals surface area contributed by atoms with E-state index in [0.29, 0.717) is 18.5 Å². The third-order valence-electron chi connectivity index (χ3n) is 6.48. The van der Waals surface area contributed by atoms with Crippen LogP contribution in [-0.4, -0.2) is 80.6 Å². The highest BCUT2D eigenvalue weighted by atomic mass is 32.2. The third kappa shape index (κ3) is 8.85. The molecule has 0 aliphatic carbocycles. The number of aromatic nitrogens is 3. The van der Waals surface area contributed by atoms with Gasteiger partial charge in [0.1, 0.15) is 6.26 Å². The topological polar surface area (TPSA) is 131 Å². The second-order valence-corrected chi connectivity index (χ2v) is 12.0. The van der Waals surface area contributed by atoms with E-state index in [1.165, 1.54) is 11.1 Å². The second-order valence-electron chi connectivity index (χ2n) is 10.4. The van der Waals surface area contributed by atoms with E-state index in [0.717, 1.165) is 28.6 Å². The predicted molar refractivity (Wildman–Crippen MR) is 166 cm³/mol. The van der Waals surface area contributed by atoms with Gasteiger partial charge in [-0.1, -0.05) is 18.2 Å². The maximum atomic E-state index is 14.5. The first-order valence-corrected chi connectivity index (χ1v) is 15.3. The number of aryl methyl sites for hydroxylation is 1. The molecule has 4 aromatic rings. The lowest BCUT2D eigenvalue weighted by molar-refractivity contribution is -0.274. The molecule has 2 heterocycles. The minimum atomic E-state index is -5.11. The molecular formula is C29H31F4N7O5S. The Morgan fingerprint density at radius 1 is 1.09 bits per heavy atom. The van der Waals surface area contributed by atoms with Gasteiger partial charge >= 0.3 is 16.5 Å². The summed E-state index contributed by atoms with van der Waals surface area (Å²) in [5.41, 5.74) is 1.73. The summed E-state index contributed by atoms with van der Waals surface area (Å²) < 4.78 is 88.2. The average molecular weight is 666 g/mol. The fraction of sp³-hybridized carbons (Fsp3) is 0.276. The Bertz CT molecular complexity index is 1880. The van der Waals surface area contributed by atoms with Crippen LogP contribution in [0.4, 0.5) is 40.6 Å². The fourth-order valence-corrected chi connectivity index (χ4v) is 4.62. The summed E-state index contributed by atoms with van der Waals surface area (Å²) in [7, 11) is 2.87. The van der Waals surface area contributed by atoms with E-state index in [-0.39, 0.29) is 35.8 Å². The van der Waals surface area contributed by atoms with Gasteiger partial charge in [0.25, 0.3) is 5.91 Å². The molecule has 0 bridgehead atoms. The number of hydrogen-bond acceptors (Lipinski definition) is 10. The van der Waals surface area contributed by atoms with Crippen LogP contribution >= 0.6 is 0 Å². The first kappa shape index (κ1) is 34.0. The Hall–Kier alpha value is -4.90. The Labute approximate surface area is 262 Å². The molecule has 12 nitrogen and oxygen atoms in total. The van der Waals surface area contributed by atoms with E-state index in [2.05, 4.69) is 29.5 Å². The minimum Gasteiger partial charge on any atom is -0.403 e. The molecule has 4 rings (SSSR count). The van der Waals surface area contributed by atoms with E-state index in [4.69, 9.17) is 0 Å². The monoisotopic (exact) mass is 665 g/mol. The summed E-state index contributed by atoms with van der Waals surface area (Å²) >= 11 is 0. The molecule has 2 aromatic heterocycles. The lowest BCUT2D eigenvalue weighted by Crippen LogP contribution is -2.29. The van der Waals surface area contributed by atoms with Crippen molar-refractivity contribution in [3.05, 3.63) is 66.9 Å². The molecule has 46 heavy (non-hydrogen) atoms. The summed E-state index contributed by atoms with van der Waals surface area (Å²) in [5, 5.41) is 5.87. The van der Waals surface area contributed by atoms with Crippen molar-refractivity contribution in [2.24, 2.45) is 7.05 Å². The van der Waals surface area contributed by atoms with Gasteiger partial charge in [0, 0.05) is 62.1 Å². The molecule has 0 saturated heterocycles. The number of halogens is 4. The van der Waals surface area contributed by atoms with Crippen molar-refractivity contribution in [1.82, 2.24) is 19.4 Å². The van der Waals surface area contributed by atoms with Crippen LogP contribution in [0.25, 0.3) is 22.2 Å². The molecular weight excluding hydrogens is 634 g/mol. The molecule has 246 valence electrons. The fourth-order valence-electron chi connectivity index (χ4n) is 4.36. The van der Waals surface area contributed by atoms with E-state index in [9.17, 15) is 30.8 Å². The zero-order chi connectivity index (χ0) is 33.8. The number of benzene rings is 2. The molecule has 0 saturated carbocycles. The van der Waals surface area contributed by atoms with Gasteiger partial charge in [-0.25, -0.2) is 9.97 Å². The zero-order valence-electron chi connectivity index (χ0n) is 25.4. The number of carbonyl (C=O) groups excluding carboxylic acids is 1. The van der Waals surface area contributed by atoms with Gasteiger partial charge in [-0.05, 0) is 32.3 Å². The third-order valence-corrected chi connectivity index (χ3v) is 6.93. The second kappa shape index (κ2) is 13.6. The van der Waals surface area contributed by atoms with Gasteiger partial charge < -0.3 is 33.9 Å². The Balaban J connectivity index is 1.79. The van der Waals surface area contributed by atoms with Gasteiger partial charge in [-0.15, -0.1) is 13.2 Å². The zero-order valence-corrected chi connectivity index (χ0v) is 26.2. The number of ether oxygens (including phenoxy) is 1. The number of rotatable bonds is 12. The smallest absolute Gasteiger partial charge is 0.403 e. The SMILES string of the molecule is CN(C)CCN(C)c1cc(OC(F)(F)F)c(Nc2nccc(-c3cn(C)c4ccccc34)n2)cc1NC(=O)/C(F)=C/OS(C)(=O)=O. The number of anilines is 4. The normalized spacial score (nSPS) is 12.3. The van der Waals surface area contributed by atoms with Crippen LogP contribution in [0.5, 0.6) is 5.75 Å². The van der Waals surface area contributed by atoms with Crippen molar-refractivity contribution >= 4 is 49.9 Å². The summed E-state index contributed by atoms with van der Waals surface area (Å²) in [4.78, 5) is 24.6. The van der Waals surface area contributed by atoms with Crippen molar-refractivity contribution in [2.75, 3.05) is 56.0 Å². The van der Waals surface area contributed by atoms with Crippen molar-refractivity contribution in [1.29, 1.82) is 0 Å². The summed E-state index contributed by atoms with van der Waals surface area (Å²) in [5.74, 6) is -3.82. The van der Waals surface area contributed by atoms with E-state index in [1.54, 1.807) is 27.2 Å². The number of amides is 1. The van der Waals surface area contributed by atoms with Crippen LogP contribution in [0.2, 0.25) is 0 Å². The quantitative estimate of drug-likeness (QED) is 0.0923. The predicted octanol–water partition coefficient (Wildman–Crippen LogP) is 5.00. The molecule has 0 radical (unpaired) electrons. The van der Waals surface area contributed by atoms with Crippen LogP contribution in [0.1, 0.15) is 0 Å². The molecule has 0 unspecified atom stereocenters. The first-order chi connectivity index (χ1) is 21.5. The molecule has 0 atom stereocenters. The van der Waals surface area contributed by atoms with Crippen molar-refractivity contribution < 1.29 is 39.7 Å². The van der Waals surface area contributed by atoms with E-state index >= 15 is 0 Å². The van der Waals surface area contributed by atoms with Gasteiger partial charge in [0.05, 0.1) is 29.0 Å². The van der Waals surface area contributed by atoms with E-state index < -0.39 is 34.0 Å². The Morgan fingerprint density at radius 2 is 1.80 bits per heavy atom. The van der Waals surface area contributed by atoms with Crippen LogP contribution in [0.3, 0.4) is 0 Å².